The molecule has 76 valence electrons. The summed E-state index contributed by atoms with van der Waals surface area (Å²) in [7, 11) is 2.23. The number of para-hydroxylation sites is 1. The van der Waals surface area contributed by atoms with Crippen molar-refractivity contribution in [2.24, 2.45) is 0 Å². The van der Waals surface area contributed by atoms with E-state index in [1.165, 1.54) is 34.9 Å². The highest BCUT2D eigenvalue weighted by Gasteiger charge is 2.21. The quantitative estimate of drug-likeness (QED) is 0.598. The van der Waals surface area contributed by atoms with E-state index in [0.717, 1.165) is 6.04 Å². The Labute approximate surface area is 99.6 Å². The Morgan fingerprint density at radius 2 is 2.21 bits per heavy atom. The second kappa shape index (κ2) is 4.51. The predicted octanol–water partition coefficient (Wildman–Crippen LogP) is 3.26. The van der Waals surface area contributed by atoms with Crippen LogP contribution in [0.25, 0.3) is 0 Å². The summed E-state index contributed by atoms with van der Waals surface area (Å²) in [5.41, 5.74) is 2.95. The molecule has 1 heterocycles. The molecule has 0 amide bonds. The van der Waals surface area contributed by atoms with Crippen molar-refractivity contribution in [3.63, 3.8) is 0 Å². The Morgan fingerprint density at radius 3 is 3.00 bits per heavy atom. The number of aryl methyl sites for hydroxylation is 1. The molecule has 14 heavy (non-hydrogen) atoms. The van der Waals surface area contributed by atoms with Crippen LogP contribution in [0.1, 0.15) is 18.4 Å². The Morgan fingerprint density at radius 1 is 1.43 bits per heavy atom. The van der Waals surface area contributed by atoms with E-state index in [1.54, 1.807) is 0 Å². The number of fused-ring (bicyclic) bond motifs is 1. The van der Waals surface area contributed by atoms with Gasteiger partial charge in [0.1, 0.15) is 0 Å². The minimum Gasteiger partial charge on any atom is -0.371 e. The fraction of sp³-hybridized carbons (Fsp3) is 0.500. The second-order valence-electron chi connectivity index (χ2n) is 3.91. The van der Waals surface area contributed by atoms with Gasteiger partial charge in [0.15, 0.2) is 0 Å². The van der Waals surface area contributed by atoms with Crippen molar-refractivity contribution in [3.05, 3.63) is 29.8 Å². The van der Waals surface area contributed by atoms with Crippen LogP contribution < -0.4 is 4.90 Å². The van der Waals surface area contributed by atoms with Gasteiger partial charge in [-0.05, 0) is 30.9 Å². The molecule has 1 aromatic rings. The zero-order valence-electron chi connectivity index (χ0n) is 8.54. The second-order valence-corrected chi connectivity index (χ2v) is 4.99. The Kier molecular flexibility index (Phi) is 3.31. The van der Waals surface area contributed by atoms with Crippen molar-refractivity contribution >= 4 is 28.3 Å². The molecule has 1 nitrogen and oxygen atoms in total. The minimum absolute atomic E-state index is 0.752. The van der Waals surface area contributed by atoms with Crippen molar-refractivity contribution in [1.82, 2.24) is 0 Å². The van der Waals surface area contributed by atoms with Crippen molar-refractivity contribution < 1.29 is 0 Å². The first-order valence-electron chi connectivity index (χ1n) is 5.19. The van der Waals surface area contributed by atoms with Gasteiger partial charge in [-0.1, -0.05) is 40.8 Å². The predicted molar refractivity (Wildman–Crippen MR) is 70.5 cm³/mol. The molecule has 1 atom stereocenters. The van der Waals surface area contributed by atoms with Crippen molar-refractivity contribution in [2.45, 2.75) is 25.3 Å². The van der Waals surface area contributed by atoms with Crippen LogP contribution >= 0.6 is 22.6 Å². The van der Waals surface area contributed by atoms with E-state index >= 15 is 0 Å². The molecule has 1 aliphatic heterocycles. The zero-order chi connectivity index (χ0) is 9.97. The molecule has 0 spiro atoms. The van der Waals surface area contributed by atoms with E-state index in [-0.39, 0.29) is 0 Å². The van der Waals surface area contributed by atoms with Gasteiger partial charge in [0.2, 0.25) is 0 Å². The summed E-state index contributed by atoms with van der Waals surface area (Å²) < 4.78 is 1.26. The lowest BCUT2D eigenvalue weighted by atomic mass is 9.95. The molecule has 0 aromatic heterocycles. The summed E-state index contributed by atoms with van der Waals surface area (Å²) in [5.74, 6) is 0. The Balaban J connectivity index is 2.22. The number of anilines is 1. The van der Waals surface area contributed by atoms with E-state index in [2.05, 4.69) is 58.8 Å². The number of hydrogen-bond acceptors (Lipinski definition) is 1. The molecule has 2 heteroatoms. The fourth-order valence-corrected chi connectivity index (χ4v) is 2.96. The van der Waals surface area contributed by atoms with E-state index < -0.39 is 0 Å². The van der Waals surface area contributed by atoms with Crippen LogP contribution in [0.15, 0.2) is 24.3 Å². The third kappa shape index (κ3) is 1.90. The van der Waals surface area contributed by atoms with Gasteiger partial charge in [-0.15, -0.1) is 0 Å². The molecule has 1 aliphatic rings. The highest BCUT2D eigenvalue weighted by molar-refractivity contribution is 14.1. The maximum absolute atomic E-state index is 2.47. The third-order valence-electron chi connectivity index (χ3n) is 3.11. The summed E-state index contributed by atoms with van der Waals surface area (Å²) >= 11 is 2.47. The van der Waals surface area contributed by atoms with E-state index in [4.69, 9.17) is 0 Å². The SMILES string of the molecule is CN1c2ccccc2CC[C@H]1CCI. The van der Waals surface area contributed by atoms with Crippen LogP contribution in [0.3, 0.4) is 0 Å². The lowest BCUT2D eigenvalue weighted by Gasteiger charge is -2.35. The van der Waals surface area contributed by atoms with E-state index in [1.807, 2.05) is 0 Å². The van der Waals surface area contributed by atoms with Gasteiger partial charge in [-0.25, -0.2) is 0 Å². The summed E-state index contributed by atoms with van der Waals surface area (Å²) in [4.78, 5) is 2.46. The molecule has 0 N–H and O–H groups in total. The first kappa shape index (κ1) is 10.3. The van der Waals surface area contributed by atoms with Crippen molar-refractivity contribution in [2.75, 3.05) is 16.4 Å². The zero-order valence-corrected chi connectivity index (χ0v) is 10.7. The number of nitrogens with zero attached hydrogens (tertiary/aromatic N) is 1. The average molecular weight is 301 g/mol. The van der Waals surface area contributed by atoms with Crippen molar-refractivity contribution in [3.8, 4) is 0 Å². The molecule has 0 bridgehead atoms. The van der Waals surface area contributed by atoms with Gasteiger partial charge in [0, 0.05) is 23.2 Å². The third-order valence-corrected chi connectivity index (χ3v) is 3.73. The van der Waals surface area contributed by atoms with Crippen molar-refractivity contribution in [1.29, 1.82) is 0 Å². The number of alkyl halides is 1. The highest BCUT2D eigenvalue weighted by atomic mass is 127. The summed E-state index contributed by atoms with van der Waals surface area (Å²) in [5, 5.41) is 0. The molecule has 0 radical (unpaired) electrons. The van der Waals surface area contributed by atoms with Crippen LogP contribution in [0.4, 0.5) is 5.69 Å². The standard InChI is InChI=1S/C12H16IN/c1-14-11(8-9-13)7-6-10-4-2-3-5-12(10)14/h2-5,11H,6-9H2,1H3/t11-/m0/s1. The fourth-order valence-electron chi connectivity index (χ4n) is 2.24. The summed E-state index contributed by atoms with van der Waals surface area (Å²) in [6, 6.07) is 9.54. The first-order valence-corrected chi connectivity index (χ1v) is 6.72. The molecule has 0 fully saturated rings. The van der Waals surface area contributed by atoms with Crippen LogP contribution in [-0.4, -0.2) is 17.5 Å². The van der Waals surface area contributed by atoms with Crippen LogP contribution in [-0.2, 0) is 6.42 Å². The van der Waals surface area contributed by atoms with E-state index in [9.17, 15) is 0 Å². The molecular weight excluding hydrogens is 285 g/mol. The maximum Gasteiger partial charge on any atom is 0.0398 e. The number of hydrogen-bond donors (Lipinski definition) is 0. The number of halogens is 1. The first-order chi connectivity index (χ1) is 6.83. The van der Waals surface area contributed by atoms with Crippen LogP contribution in [0.5, 0.6) is 0 Å². The van der Waals surface area contributed by atoms with Gasteiger partial charge in [0.05, 0.1) is 0 Å². The number of rotatable bonds is 2. The Hall–Kier alpha value is -0.250. The van der Waals surface area contributed by atoms with Crippen LogP contribution in [0.2, 0.25) is 0 Å². The lowest BCUT2D eigenvalue weighted by molar-refractivity contribution is 0.548. The van der Waals surface area contributed by atoms with Gasteiger partial charge < -0.3 is 4.90 Å². The van der Waals surface area contributed by atoms with Gasteiger partial charge in [-0.2, -0.15) is 0 Å². The molecule has 0 aliphatic carbocycles. The lowest BCUT2D eigenvalue weighted by Crippen LogP contribution is -2.36. The van der Waals surface area contributed by atoms with Crippen LogP contribution in [0, 0.1) is 0 Å². The number of benzene rings is 1. The van der Waals surface area contributed by atoms with Gasteiger partial charge in [0.25, 0.3) is 0 Å². The summed E-state index contributed by atoms with van der Waals surface area (Å²) in [6.07, 6.45) is 3.88. The summed E-state index contributed by atoms with van der Waals surface area (Å²) in [6.45, 7) is 0. The molecular formula is C12H16IN. The maximum atomic E-state index is 2.47. The highest BCUT2D eigenvalue weighted by Crippen LogP contribution is 2.30. The molecule has 0 unspecified atom stereocenters. The smallest absolute Gasteiger partial charge is 0.0398 e. The topological polar surface area (TPSA) is 3.24 Å². The van der Waals surface area contributed by atoms with Gasteiger partial charge >= 0.3 is 0 Å². The monoisotopic (exact) mass is 301 g/mol. The molecule has 2 rings (SSSR count). The van der Waals surface area contributed by atoms with E-state index in [0.29, 0.717) is 0 Å². The molecule has 0 saturated carbocycles. The molecule has 1 aromatic carbocycles. The molecule has 0 saturated heterocycles. The normalized spacial score (nSPS) is 20.7. The van der Waals surface area contributed by atoms with Gasteiger partial charge in [-0.3, -0.25) is 0 Å². The largest absolute Gasteiger partial charge is 0.371 e. The average Bonchev–Trinajstić information content (AvgIpc) is 2.23. The Bertz CT molecular complexity index is 311. The minimum atomic E-state index is 0.752.